The molecule has 2 bridgehead atoms. The van der Waals surface area contributed by atoms with E-state index < -0.39 is 5.97 Å². The van der Waals surface area contributed by atoms with Gasteiger partial charge in [0.05, 0.1) is 29.8 Å². The quantitative estimate of drug-likeness (QED) is 0.333. The number of rotatable bonds is 7. The lowest BCUT2D eigenvalue weighted by Crippen LogP contribution is -2.41. The van der Waals surface area contributed by atoms with Gasteiger partial charge >= 0.3 is 5.97 Å². The van der Waals surface area contributed by atoms with E-state index in [1.165, 1.54) is 23.9 Å². The highest BCUT2D eigenvalue weighted by Crippen LogP contribution is 2.46. The van der Waals surface area contributed by atoms with Crippen LogP contribution >= 0.6 is 0 Å². The smallest absolute Gasteiger partial charge is 0.306 e. The summed E-state index contributed by atoms with van der Waals surface area (Å²) in [6.45, 7) is 1.63. The van der Waals surface area contributed by atoms with Gasteiger partial charge in [0.2, 0.25) is 0 Å². The number of fused-ring (bicyclic) bond motifs is 4. The third-order valence-electron chi connectivity index (χ3n) is 10.6. The minimum Gasteiger partial charge on any atom is -0.494 e. The number of hydrogen-bond donors (Lipinski definition) is 2. The van der Waals surface area contributed by atoms with Crippen molar-refractivity contribution in [3.63, 3.8) is 0 Å². The van der Waals surface area contributed by atoms with Crippen LogP contribution < -0.4 is 10.5 Å². The van der Waals surface area contributed by atoms with Gasteiger partial charge in [0, 0.05) is 43.2 Å². The van der Waals surface area contributed by atoms with Crippen LogP contribution in [0.15, 0.2) is 36.4 Å². The molecule has 0 spiro atoms. The van der Waals surface area contributed by atoms with Crippen LogP contribution in [-0.2, 0) is 18.4 Å². The molecule has 0 unspecified atom stereocenters. The Labute approximate surface area is 244 Å². The number of carboxylic acids is 1. The van der Waals surface area contributed by atoms with Crippen LogP contribution in [0.2, 0.25) is 0 Å². The number of imidazole rings is 1. The molecule has 3 saturated carbocycles. The lowest BCUT2D eigenvalue weighted by Gasteiger charge is -2.33. The van der Waals surface area contributed by atoms with E-state index in [2.05, 4.69) is 33.4 Å². The lowest BCUT2D eigenvalue weighted by molar-refractivity contribution is -0.145. The molecular formula is C33H37N5O4. The Morgan fingerprint density at radius 1 is 1.10 bits per heavy atom. The number of aliphatic carboxylic acids is 1. The van der Waals surface area contributed by atoms with Gasteiger partial charge in [-0.2, -0.15) is 0 Å². The van der Waals surface area contributed by atoms with Gasteiger partial charge in [-0.3, -0.25) is 9.59 Å². The number of carbonyl (C=O) groups excluding carboxylic acids is 1. The van der Waals surface area contributed by atoms with Crippen LogP contribution in [0.3, 0.4) is 0 Å². The average Bonchev–Trinajstić information content (AvgIpc) is 3.34. The van der Waals surface area contributed by atoms with Crippen LogP contribution in [0.1, 0.15) is 60.4 Å². The Morgan fingerprint density at radius 2 is 1.90 bits per heavy atom. The number of piperidine rings is 1. The number of aryl methyl sites for hydroxylation is 1. The number of aromatic nitrogens is 3. The molecule has 42 heavy (non-hydrogen) atoms. The molecule has 4 fully saturated rings. The van der Waals surface area contributed by atoms with E-state index in [-0.39, 0.29) is 29.8 Å². The van der Waals surface area contributed by atoms with Crippen molar-refractivity contribution in [3.8, 4) is 17.3 Å². The van der Waals surface area contributed by atoms with Gasteiger partial charge in [-0.25, -0.2) is 4.98 Å². The Bertz CT molecular complexity index is 1760. The molecule has 1 amide bonds. The minimum absolute atomic E-state index is 0.00212. The fourth-order valence-corrected chi connectivity index (χ4v) is 7.96. The largest absolute Gasteiger partial charge is 0.494 e. The number of amides is 1. The highest BCUT2D eigenvalue weighted by Gasteiger charge is 2.47. The summed E-state index contributed by atoms with van der Waals surface area (Å²) >= 11 is 0. The molecular weight excluding hydrogens is 530 g/mol. The summed E-state index contributed by atoms with van der Waals surface area (Å²) in [6, 6.07) is 12.5. The molecule has 0 radical (unpaired) electrons. The van der Waals surface area contributed by atoms with Crippen molar-refractivity contribution < 1.29 is 19.4 Å². The van der Waals surface area contributed by atoms with Crippen molar-refractivity contribution in [2.45, 2.75) is 63.1 Å². The summed E-state index contributed by atoms with van der Waals surface area (Å²) in [4.78, 5) is 32.3. The first-order valence-electron chi connectivity index (χ1n) is 15.3. The highest BCUT2D eigenvalue weighted by molar-refractivity contribution is 6.00. The zero-order valence-electron chi connectivity index (χ0n) is 24.1. The van der Waals surface area contributed by atoms with Crippen molar-refractivity contribution in [3.05, 3.63) is 47.5 Å². The Balaban J connectivity index is 1.23. The van der Waals surface area contributed by atoms with Crippen molar-refractivity contribution >= 4 is 33.8 Å². The molecule has 218 valence electrons. The summed E-state index contributed by atoms with van der Waals surface area (Å²) < 4.78 is 10.3. The average molecular weight is 568 g/mol. The molecule has 1 aliphatic heterocycles. The van der Waals surface area contributed by atoms with Gasteiger partial charge in [0.25, 0.3) is 5.91 Å². The second-order valence-electron chi connectivity index (χ2n) is 13.1. The van der Waals surface area contributed by atoms with Crippen LogP contribution in [0.4, 0.5) is 0 Å². The second kappa shape index (κ2) is 9.33. The SMILES string of the molecule is COc1cc(C(=O)N2C[C@H]3CC[C@@H]2[C@@H]3N)cc2nc(-c3cc4cccc(C5CC(C(=O)O)C5)c4n3CC3CC3)n(C)c12. The van der Waals surface area contributed by atoms with Crippen molar-refractivity contribution in [1.29, 1.82) is 0 Å². The van der Waals surface area contributed by atoms with Gasteiger partial charge < -0.3 is 29.6 Å². The summed E-state index contributed by atoms with van der Waals surface area (Å²) in [6.07, 6.45) is 5.87. The maximum atomic E-state index is 13.7. The van der Waals surface area contributed by atoms with Gasteiger partial charge in [0.15, 0.2) is 5.82 Å². The van der Waals surface area contributed by atoms with E-state index >= 15 is 0 Å². The maximum absolute atomic E-state index is 13.7. The van der Waals surface area contributed by atoms with Crippen molar-refractivity contribution in [2.24, 2.45) is 30.5 Å². The van der Waals surface area contributed by atoms with Gasteiger partial charge in [-0.05, 0) is 80.0 Å². The number of likely N-dealkylation sites (tertiary alicyclic amines) is 1. The molecule has 8 rings (SSSR count). The molecule has 4 aromatic rings. The van der Waals surface area contributed by atoms with Gasteiger partial charge in [0.1, 0.15) is 11.3 Å². The molecule has 9 heteroatoms. The number of carboxylic acid groups (broad SMARTS) is 1. The molecule has 2 aromatic carbocycles. The van der Waals surface area contributed by atoms with E-state index in [0.29, 0.717) is 36.0 Å². The number of nitrogens with two attached hydrogens (primary N) is 1. The molecule has 1 saturated heterocycles. The molecule has 4 aliphatic rings. The number of methoxy groups -OCH3 is 1. The van der Waals surface area contributed by atoms with Crippen LogP contribution in [0.5, 0.6) is 5.75 Å². The van der Waals surface area contributed by atoms with E-state index in [9.17, 15) is 14.7 Å². The number of carbonyl (C=O) groups is 2. The van der Waals surface area contributed by atoms with Crippen LogP contribution in [0.25, 0.3) is 33.5 Å². The fourth-order valence-electron chi connectivity index (χ4n) is 7.96. The number of benzene rings is 2. The molecule has 3 atom stereocenters. The van der Waals surface area contributed by atoms with E-state index in [0.717, 1.165) is 53.9 Å². The molecule has 3 N–H and O–H groups in total. The molecule has 9 nitrogen and oxygen atoms in total. The van der Waals surface area contributed by atoms with Crippen molar-refractivity contribution in [1.82, 2.24) is 19.0 Å². The molecule has 2 aromatic heterocycles. The van der Waals surface area contributed by atoms with Crippen LogP contribution in [-0.4, -0.2) is 61.7 Å². The third-order valence-corrected chi connectivity index (χ3v) is 10.6. The zero-order chi connectivity index (χ0) is 28.9. The summed E-state index contributed by atoms with van der Waals surface area (Å²) in [5.74, 6) is 1.78. The van der Waals surface area contributed by atoms with E-state index in [4.69, 9.17) is 15.5 Å². The lowest BCUT2D eigenvalue weighted by atomic mass is 9.71. The first-order valence-corrected chi connectivity index (χ1v) is 15.3. The normalized spacial score (nSPS) is 26.7. The zero-order valence-corrected chi connectivity index (χ0v) is 24.1. The predicted molar refractivity (Wildman–Crippen MR) is 160 cm³/mol. The summed E-state index contributed by atoms with van der Waals surface area (Å²) in [5, 5.41) is 10.6. The molecule has 3 heterocycles. The van der Waals surface area contributed by atoms with Gasteiger partial charge in [-0.1, -0.05) is 18.2 Å². The van der Waals surface area contributed by atoms with Crippen LogP contribution in [0, 0.1) is 17.8 Å². The fraction of sp³-hybridized carbons (Fsp3) is 0.485. The topological polar surface area (TPSA) is 116 Å². The van der Waals surface area contributed by atoms with E-state index in [1.54, 1.807) is 7.11 Å². The standard InChI is InChI=1S/C33H37N5O4/c1-36-30-24(12-21(14-27(30)42-2)32(39)38-16-19-8-9-25(38)28(19)34)35-31(36)26-13-18-4-3-5-23(20-10-22(11-20)33(40)41)29(18)37(26)15-17-6-7-17/h3-5,12-14,17,19-20,22,25,28H,6-11,15-16,34H2,1-2H3,(H,40,41)/t19-,20?,22?,25-,28-/m1/s1. The summed E-state index contributed by atoms with van der Waals surface area (Å²) in [5.41, 5.74) is 12.1. The number of nitrogens with zero attached hydrogens (tertiary/aromatic N) is 4. The number of ether oxygens (including phenoxy) is 1. The van der Waals surface area contributed by atoms with Crippen molar-refractivity contribution in [2.75, 3.05) is 13.7 Å². The molecule has 3 aliphatic carbocycles. The summed E-state index contributed by atoms with van der Waals surface area (Å²) in [7, 11) is 3.65. The first-order chi connectivity index (χ1) is 20.3. The highest BCUT2D eigenvalue weighted by atomic mass is 16.5. The van der Waals surface area contributed by atoms with Gasteiger partial charge in [-0.15, -0.1) is 0 Å². The maximum Gasteiger partial charge on any atom is 0.306 e. The predicted octanol–water partition coefficient (Wildman–Crippen LogP) is 4.75. The minimum atomic E-state index is -0.695. The number of hydrogen-bond acceptors (Lipinski definition) is 5. The first kappa shape index (κ1) is 25.8. The Hall–Kier alpha value is -3.85. The monoisotopic (exact) mass is 567 g/mol. The Morgan fingerprint density at radius 3 is 2.57 bits per heavy atom. The van der Waals surface area contributed by atoms with E-state index in [1.807, 2.05) is 24.1 Å². The number of para-hydroxylation sites is 1. The second-order valence-corrected chi connectivity index (χ2v) is 13.1. The third kappa shape index (κ3) is 3.82. The Kier molecular flexibility index (Phi) is 5.74.